The molecule has 0 spiro atoms. The van der Waals surface area contributed by atoms with Gasteiger partial charge < -0.3 is 5.32 Å². The van der Waals surface area contributed by atoms with Gasteiger partial charge in [0.05, 0.1) is 10.6 Å². The van der Waals surface area contributed by atoms with E-state index in [-0.39, 0.29) is 16.6 Å². The number of nitrogens with one attached hydrogen (secondary N) is 2. The number of amides is 2. The van der Waals surface area contributed by atoms with E-state index in [2.05, 4.69) is 20.8 Å². The summed E-state index contributed by atoms with van der Waals surface area (Å²) in [7, 11) is -3.55. The average molecular weight is 546 g/mol. The quantitative estimate of drug-likeness (QED) is 0.319. The molecule has 4 rings (SSSR count). The highest BCUT2D eigenvalue weighted by Gasteiger charge is 2.26. The minimum atomic E-state index is -3.55. The molecule has 0 saturated carbocycles. The summed E-state index contributed by atoms with van der Waals surface area (Å²) in [5.74, 6) is -0.422. The first-order valence-corrected chi connectivity index (χ1v) is 14.7. The number of hydrogen-bond acceptors (Lipinski definition) is 8. The molecule has 1 saturated heterocycles. The second kappa shape index (κ2) is 11.5. The van der Waals surface area contributed by atoms with Crippen LogP contribution in [0.25, 0.3) is 0 Å². The lowest BCUT2D eigenvalue weighted by Gasteiger charge is -2.25. The predicted octanol–water partition coefficient (Wildman–Crippen LogP) is 4.31. The van der Waals surface area contributed by atoms with Crippen molar-refractivity contribution in [1.29, 1.82) is 0 Å². The Balaban J connectivity index is 1.31. The monoisotopic (exact) mass is 545 g/mol. The number of sulfonamides is 1. The SMILES string of the molecule is Cc1ccc(C)c(NC(=O)CSc2nnc(NC(=O)c3ccc(S(=O)(=O)N4CCCCC4)cc3)s2)c1. The van der Waals surface area contributed by atoms with E-state index in [9.17, 15) is 18.0 Å². The first-order chi connectivity index (χ1) is 17.2. The molecule has 0 radical (unpaired) electrons. The van der Waals surface area contributed by atoms with Crippen molar-refractivity contribution >= 4 is 55.8 Å². The van der Waals surface area contributed by atoms with E-state index in [1.165, 1.54) is 40.3 Å². The van der Waals surface area contributed by atoms with E-state index in [0.717, 1.165) is 47.4 Å². The molecule has 0 bridgehead atoms. The first kappa shape index (κ1) is 26.3. The van der Waals surface area contributed by atoms with E-state index in [4.69, 9.17) is 0 Å². The van der Waals surface area contributed by atoms with Crippen LogP contribution >= 0.6 is 23.1 Å². The lowest BCUT2D eigenvalue weighted by atomic mass is 10.1. The molecule has 1 aliphatic heterocycles. The second-order valence-corrected chi connectivity index (χ2v) is 12.6. The molecule has 36 heavy (non-hydrogen) atoms. The fourth-order valence-electron chi connectivity index (χ4n) is 3.70. The Morgan fingerprint density at radius 3 is 2.44 bits per heavy atom. The Labute approximate surface area is 218 Å². The number of rotatable bonds is 8. The standard InChI is InChI=1S/C24H27N5O4S3/c1-16-6-7-17(2)20(14-16)25-21(30)15-34-24-28-27-23(35-24)26-22(31)18-8-10-19(11-9-18)36(32,33)29-12-4-3-5-13-29/h6-11,14H,3-5,12-13,15H2,1-2H3,(H,25,30)(H,26,27,31). The molecule has 0 atom stereocenters. The van der Waals surface area contributed by atoms with Gasteiger partial charge in [0.2, 0.25) is 21.1 Å². The molecule has 3 aromatic rings. The molecule has 2 heterocycles. The molecule has 2 N–H and O–H groups in total. The van der Waals surface area contributed by atoms with Gasteiger partial charge in [-0.1, -0.05) is 41.7 Å². The summed E-state index contributed by atoms with van der Waals surface area (Å²) < 4.78 is 27.6. The molecule has 9 nitrogen and oxygen atoms in total. The number of piperidine rings is 1. The van der Waals surface area contributed by atoms with Crippen molar-refractivity contribution in [2.24, 2.45) is 0 Å². The zero-order valence-corrected chi connectivity index (χ0v) is 22.4. The number of anilines is 2. The summed E-state index contributed by atoms with van der Waals surface area (Å²) in [6.07, 6.45) is 2.76. The fraction of sp³-hybridized carbons (Fsp3) is 0.333. The minimum absolute atomic E-state index is 0.156. The summed E-state index contributed by atoms with van der Waals surface area (Å²) in [5.41, 5.74) is 3.13. The molecule has 1 aromatic heterocycles. The summed E-state index contributed by atoms with van der Waals surface area (Å²) >= 11 is 2.39. The average Bonchev–Trinajstić information content (AvgIpc) is 3.33. The van der Waals surface area contributed by atoms with Gasteiger partial charge in [-0.15, -0.1) is 10.2 Å². The smallest absolute Gasteiger partial charge is 0.257 e. The summed E-state index contributed by atoms with van der Waals surface area (Å²) in [4.78, 5) is 25.1. The number of benzene rings is 2. The van der Waals surface area contributed by atoms with Crippen LogP contribution in [0.2, 0.25) is 0 Å². The van der Waals surface area contributed by atoms with Gasteiger partial charge in [0.25, 0.3) is 5.91 Å². The minimum Gasteiger partial charge on any atom is -0.325 e. The summed E-state index contributed by atoms with van der Waals surface area (Å²) in [6.45, 7) is 4.94. The van der Waals surface area contributed by atoms with Gasteiger partial charge in [0.1, 0.15) is 0 Å². The molecule has 2 amide bonds. The van der Waals surface area contributed by atoms with E-state index < -0.39 is 15.9 Å². The molecule has 12 heteroatoms. The van der Waals surface area contributed by atoms with Crippen LogP contribution in [-0.2, 0) is 14.8 Å². The van der Waals surface area contributed by atoms with Gasteiger partial charge in [-0.2, -0.15) is 4.31 Å². The van der Waals surface area contributed by atoms with Crippen molar-refractivity contribution in [2.75, 3.05) is 29.5 Å². The largest absolute Gasteiger partial charge is 0.325 e. The van der Waals surface area contributed by atoms with Gasteiger partial charge in [0.15, 0.2) is 4.34 Å². The summed E-state index contributed by atoms with van der Waals surface area (Å²) in [5, 5.41) is 13.9. The van der Waals surface area contributed by atoms with E-state index in [1.807, 2.05) is 32.0 Å². The van der Waals surface area contributed by atoms with Crippen LogP contribution in [-0.4, -0.2) is 53.6 Å². The maximum atomic E-state index is 12.8. The zero-order valence-electron chi connectivity index (χ0n) is 20.0. The molecule has 1 fully saturated rings. The molecule has 0 aliphatic carbocycles. The molecule has 2 aromatic carbocycles. The Bertz CT molecular complexity index is 1350. The number of carbonyl (C=O) groups is 2. The van der Waals surface area contributed by atoms with Crippen LogP contribution < -0.4 is 10.6 Å². The normalized spacial score (nSPS) is 14.4. The number of thioether (sulfide) groups is 1. The third-order valence-electron chi connectivity index (χ3n) is 5.69. The number of aryl methyl sites for hydroxylation is 2. The Hall–Kier alpha value is -2.80. The Morgan fingerprint density at radius 2 is 1.72 bits per heavy atom. The van der Waals surface area contributed by atoms with Crippen LogP contribution in [0.1, 0.15) is 40.7 Å². The van der Waals surface area contributed by atoms with E-state index >= 15 is 0 Å². The van der Waals surface area contributed by atoms with Crippen molar-refractivity contribution in [3.05, 3.63) is 59.2 Å². The van der Waals surface area contributed by atoms with Crippen LogP contribution in [0.4, 0.5) is 10.8 Å². The number of aromatic nitrogens is 2. The molecular formula is C24H27N5O4S3. The molecule has 1 aliphatic rings. The fourth-order valence-corrected chi connectivity index (χ4v) is 6.77. The summed E-state index contributed by atoms with van der Waals surface area (Å²) in [6, 6.07) is 11.7. The van der Waals surface area contributed by atoms with Gasteiger partial charge in [0, 0.05) is 24.3 Å². The number of hydrogen-bond donors (Lipinski definition) is 2. The molecule has 0 unspecified atom stereocenters. The van der Waals surface area contributed by atoms with Crippen molar-refractivity contribution in [3.8, 4) is 0 Å². The Morgan fingerprint density at radius 1 is 1.00 bits per heavy atom. The van der Waals surface area contributed by atoms with Crippen LogP contribution in [0.15, 0.2) is 51.7 Å². The van der Waals surface area contributed by atoms with Crippen molar-refractivity contribution in [3.63, 3.8) is 0 Å². The van der Waals surface area contributed by atoms with Gasteiger partial charge in [-0.05, 0) is 68.1 Å². The highest BCUT2D eigenvalue weighted by atomic mass is 32.2. The number of carbonyl (C=O) groups excluding carboxylic acids is 2. The van der Waals surface area contributed by atoms with Gasteiger partial charge >= 0.3 is 0 Å². The van der Waals surface area contributed by atoms with Gasteiger partial charge in [-0.25, -0.2) is 8.42 Å². The van der Waals surface area contributed by atoms with Crippen LogP contribution in [0.3, 0.4) is 0 Å². The van der Waals surface area contributed by atoms with Crippen molar-refractivity contribution < 1.29 is 18.0 Å². The maximum absolute atomic E-state index is 12.8. The van der Waals surface area contributed by atoms with E-state index in [0.29, 0.717) is 28.1 Å². The third-order valence-corrected chi connectivity index (χ3v) is 9.58. The highest BCUT2D eigenvalue weighted by Crippen LogP contribution is 2.27. The maximum Gasteiger partial charge on any atom is 0.257 e. The van der Waals surface area contributed by atoms with Crippen LogP contribution in [0.5, 0.6) is 0 Å². The van der Waals surface area contributed by atoms with Crippen molar-refractivity contribution in [2.45, 2.75) is 42.3 Å². The highest BCUT2D eigenvalue weighted by molar-refractivity contribution is 8.01. The lowest BCUT2D eigenvalue weighted by molar-refractivity contribution is -0.113. The van der Waals surface area contributed by atoms with Crippen molar-refractivity contribution in [1.82, 2.24) is 14.5 Å². The number of nitrogens with zero attached hydrogens (tertiary/aromatic N) is 3. The second-order valence-electron chi connectivity index (χ2n) is 8.47. The van der Waals surface area contributed by atoms with Crippen LogP contribution in [0, 0.1) is 13.8 Å². The van der Waals surface area contributed by atoms with E-state index in [1.54, 1.807) is 0 Å². The third kappa shape index (κ3) is 6.49. The zero-order chi connectivity index (χ0) is 25.7. The lowest BCUT2D eigenvalue weighted by Crippen LogP contribution is -2.35. The first-order valence-electron chi connectivity index (χ1n) is 11.5. The molecular weight excluding hydrogens is 518 g/mol. The predicted molar refractivity (Wildman–Crippen MR) is 142 cm³/mol. The van der Waals surface area contributed by atoms with Gasteiger partial charge in [-0.3, -0.25) is 14.9 Å². The topological polar surface area (TPSA) is 121 Å². The Kier molecular flexibility index (Phi) is 8.39. The molecule has 190 valence electrons.